The molecule has 5 rings (SSSR count). The van der Waals surface area contributed by atoms with E-state index in [1.807, 2.05) is 31.2 Å². The third kappa shape index (κ3) is 5.51. The van der Waals surface area contributed by atoms with Crippen LogP contribution in [0.2, 0.25) is 0 Å². The molecule has 1 aliphatic heterocycles. The second kappa shape index (κ2) is 12.5. The van der Waals surface area contributed by atoms with Crippen molar-refractivity contribution in [3.8, 4) is 6.07 Å². The minimum Gasteiger partial charge on any atom is -0.355 e. The molecule has 2 aromatic carbocycles. The molecule has 230 valence electrons. The standard InChI is InChI=1S/C32H37N7O5/c1-19(36-18-27(40)39-13-5-6-24(39)17-33)16-32(30-37-31(43)44-38(30)4)25-11-9-22(28(41)34-2)14-20(25)7-8-21-15-23(29(42)35-3)10-12-26(21)32/h9-12,14-15,19,24,36H,5-8,13,16,18H2,1-4H3,(H,34,41)(H,35,42)/t19-,24?/m1/s1. The van der Waals surface area contributed by atoms with E-state index in [1.54, 1.807) is 38.2 Å². The van der Waals surface area contributed by atoms with Gasteiger partial charge in [-0.15, -0.1) is 0 Å². The molecule has 2 aliphatic rings. The predicted octanol–water partition coefficient (Wildman–Crippen LogP) is 1.41. The van der Waals surface area contributed by atoms with Gasteiger partial charge in [-0.05, 0) is 85.5 Å². The number of amides is 3. The largest absolute Gasteiger partial charge is 0.459 e. The van der Waals surface area contributed by atoms with Crippen LogP contribution in [0.4, 0.5) is 0 Å². The number of nitrogens with one attached hydrogen (secondary N) is 3. The van der Waals surface area contributed by atoms with Gasteiger partial charge >= 0.3 is 5.76 Å². The minimum absolute atomic E-state index is 0.0398. The first-order valence-corrected chi connectivity index (χ1v) is 14.8. The third-order valence-electron chi connectivity index (χ3n) is 8.80. The van der Waals surface area contributed by atoms with Gasteiger partial charge in [0.15, 0.2) is 5.82 Å². The van der Waals surface area contributed by atoms with Crippen LogP contribution in [0.5, 0.6) is 0 Å². The molecule has 44 heavy (non-hydrogen) atoms. The molecule has 2 heterocycles. The number of carbonyl (C=O) groups excluding carboxylic acids is 3. The van der Waals surface area contributed by atoms with Gasteiger partial charge < -0.3 is 25.4 Å². The lowest BCUT2D eigenvalue weighted by atomic mass is 9.67. The van der Waals surface area contributed by atoms with Crippen molar-refractivity contribution in [2.45, 2.75) is 56.5 Å². The van der Waals surface area contributed by atoms with Crippen LogP contribution in [-0.4, -0.2) is 71.6 Å². The summed E-state index contributed by atoms with van der Waals surface area (Å²) >= 11 is 0. The molecule has 1 fully saturated rings. The SMILES string of the molecule is CNC(=O)c1ccc2c(c1)CCc1cc(C(=O)NC)ccc1C2(C[C@@H](C)NCC(=O)N1CCCC1C#N)c1nc(=O)on1C. The lowest BCUT2D eigenvalue weighted by Gasteiger charge is -2.37. The number of hydrogen-bond donors (Lipinski definition) is 3. The molecule has 3 N–H and O–H groups in total. The molecule has 1 aliphatic carbocycles. The molecular formula is C32H37N7O5. The van der Waals surface area contributed by atoms with Crippen molar-refractivity contribution < 1.29 is 18.9 Å². The average molecular weight is 600 g/mol. The van der Waals surface area contributed by atoms with Crippen LogP contribution in [0.15, 0.2) is 45.7 Å². The molecule has 3 amide bonds. The van der Waals surface area contributed by atoms with Crippen LogP contribution < -0.4 is 21.7 Å². The summed E-state index contributed by atoms with van der Waals surface area (Å²) in [6, 6.07) is 12.6. The van der Waals surface area contributed by atoms with E-state index in [0.29, 0.717) is 49.2 Å². The number of aromatic nitrogens is 2. The van der Waals surface area contributed by atoms with Gasteiger partial charge in [-0.25, -0.2) is 4.79 Å². The fourth-order valence-electron chi connectivity index (χ4n) is 6.77. The fraction of sp³-hybridized carbons (Fsp3) is 0.438. The van der Waals surface area contributed by atoms with E-state index in [4.69, 9.17) is 4.52 Å². The molecule has 0 bridgehead atoms. The number of hydrogen-bond acceptors (Lipinski definition) is 8. The lowest BCUT2D eigenvalue weighted by molar-refractivity contribution is -0.130. The zero-order valence-corrected chi connectivity index (χ0v) is 25.4. The molecule has 3 aromatic rings. The Labute approximate surface area is 255 Å². The van der Waals surface area contributed by atoms with Gasteiger partial charge in [0, 0.05) is 44.9 Å². The summed E-state index contributed by atoms with van der Waals surface area (Å²) in [6.07, 6.45) is 2.98. The first-order chi connectivity index (χ1) is 21.1. The normalized spacial score (nSPS) is 17.5. The molecule has 0 spiro atoms. The summed E-state index contributed by atoms with van der Waals surface area (Å²) in [5.41, 5.74) is 3.45. The number of rotatable bonds is 8. The van der Waals surface area contributed by atoms with Gasteiger partial charge in [-0.1, -0.05) is 12.1 Å². The number of benzene rings is 2. The van der Waals surface area contributed by atoms with Crippen molar-refractivity contribution in [2.24, 2.45) is 7.05 Å². The number of aryl methyl sites for hydroxylation is 3. The van der Waals surface area contributed by atoms with E-state index in [1.165, 1.54) is 4.74 Å². The maximum absolute atomic E-state index is 13.1. The van der Waals surface area contributed by atoms with E-state index in [2.05, 4.69) is 27.0 Å². The molecule has 2 atom stereocenters. The van der Waals surface area contributed by atoms with E-state index < -0.39 is 17.2 Å². The molecule has 1 saturated heterocycles. The monoisotopic (exact) mass is 599 g/mol. The zero-order chi connectivity index (χ0) is 31.6. The Kier molecular flexibility index (Phi) is 8.69. The maximum Gasteiger partial charge on any atom is 0.459 e. The second-order valence-electron chi connectivity index (χ2n) is 11.5. The highest BCUT2D eigenvalue weighted by atomic mass is 16.5. The Hall–Kier alpha value is -4.76. The van der Waals surface area contributed by atoms with Gasteiger partial charge in [0.2, 0.25) is 5.91 Å². The highest BCUT2D eigenvalue weighted by Gasteiger charge is 2.46. The van der Waals surface area contributed by atoms with E-state index in [9.17, 15) is 24.4 Å². The quantitative estimate of drug-likeness (QED) is 0.350. The van der Waals surface area contributed by atoms with Crippen LogP contribution in [-0.2, 0) is 30.1 Å². The summed E-state index contributed by atoms with van der Waals surface area (Å²) in [6.45, 7) is 2.55. The van der Waals surface area contributed by atoms with Crippen molar-refractivity contribution in [3.63, 3.8) is 0 Å². The number of carbonyl (C=O) groups is 3. The summed E-state index contributed by atoms with van der Waals surface area (Å²) < 4.78 is 6.78. The van der Waals surface area contributed by atoms with Crippen LogP contribution in [0.1, 0.15) is 75.0 Å². The fourth-order valence-corrected chi connectivity index (χ4v) is 6.77. The van der Waals surface area contributed by atoms with Crippen molar-refractivity contribution in [1.82, 2.24) is 30.6 Å². The second-order valence-corrected chi connectivity index (χ2v) is 11.5. The number of likely N-dealkylation sites (tertiary alicyclic amines) is 1. The van der Waals surface area contributed by atoms with Gasteiger partial charge in [-0.3, -0.25) is 14.4 Å². The Morgan fingerprint density at radius 3 is 2.16 bits per heavy atom. The highest BCUT2D eigenvalue weighted by Crippen LogP contribution is 2.47. The van der Waals surface area contributed by atoms with E-state index in [0.717, 1.165) is 28.7 Å². The van der Waals surface area contributed by atoms with Gasteiger partial charge in [-0.2, -0.15) is 15.0 Å². The van der Waals surface area contributed by atoms with Gasteiger partial charge in [0.1, 0.15) is 6.04 Å². The third-order valence-corrected chi connectivity index (χ3v) is 8.80. The number of fused-ring (bicyclic) bond motifs is 2. The van der Waals surface area contributed by atoms with Crippen molar-refractivity contribution in [1.29, 1.82) is 5.26 Å². The predicted molar refractivity (Wildman–Crippen MR) is 161 cm³/mol. The first-order valence-electron chi connectivity index (χ1n) is 14.8. The molecule has 0 radical (unpaired) electrons. The summed E-state index contributed by atoms with van der Waals surface area (Å²) in [4.78, 5) is 56.9. The van der Waals surface area contributed by atoms with Crippen molar-refractivity contribution in [3.05, 3.63) is 86.2 Å². The molecule has 1 aromatic heterocycles. The van der Waals surface area contributed by atoms with Crippen molar-refractivity contribution >= 4 is 17.7 Å². The Morgan fingerprint density at radius 1 is 1.07 bits per heavy atom. The van der Waals surface area contributed by atoms with Crippen LogP contribution in [0, 0.1) is 11.3 Å². The summed E-state index contributed by atoms with van der Waals surface area (Å²) in [5.74, 6) is -0.957. The van der Waals surface area contributed by atoms with Gasteiger partial charge in [0.05, 0.1) is 18.0 Å². The van der Waals surface area contributed by atoms with E-state index >= 15 is 0 Å². The Balaban J connectivity index is 1.65. The van der Waals surface area contributed by atoms with Crippen LogP contribution >= 0.6 is 0 Å². The van der Waals surface area contributed by atoms with E-state index in [-0.39, 0.29) is 30.3 Å². The lowest BCUT2D eigenvalue weighted by Crippen LogP contribution is -2.46. The molecule has 12 heteroatoms. The Bertz CT molecular complexity index is 1630. The molecular weight excluding hydrogens is 562 g/mol. The number of nitrogens with zero attached hydrogens (tertiary/aromatic N) is 4. The van der Waals surface area contributed by atoms with Crippen molar-refractivity contribution in [2.75, 3.05) is 27.2 Å². The minimum atomic E-state index is -1.05. The zero-order valence-electron chi connectivity index (χ0n) is 25.4. The smallest absolute Gasteiger partial charge is 0.355 e. The number of nitriles is 1. The Morgan fingerprint density at radius 2 is 1.66 bits per heavy atom. The summed E-state index contributed by atoms with van der Waals surface area (Å²) in [7, 11) is 4.79. The van der Waals surface area contributed by atoms with Gasteiger partial charge in [0.25, 0.3) is 11.8 Å². The maximum atomic E-state index is 13.1. The molecule has 12 nitrogen and oxygen atoms in total. The molecule has 1 unspecified atom stereocenters. The van der Waals surface area contributed by atoms with Crippen LogP contribution in [0.25, 0.3) is 0 Å². The molecule has 0 saturated carbocycles. The highest BCUT2D eigenvalue weighted by molar-refractivity contribution is 5.95. The summed E-state index contributed by atoms with van der Waals surface area (Å²) in [5, 5.41) is 18.2. The first kappa shape index (κ1) is 30.7. The topological polar surface area (TPSA) is 162 Å². The van der Waals surface area contributed by atoms with Crippen LogP contribution in [0.3, 0.4) is 0 Å². The average Bonchev–Trinajstić information content (AvgIpc) is 3.62.